The molecule has 1 unspecified atom stereocenters. The second kappa shape index (κ2) is 7.85. The molecule has 1 saturated heterocycles. The molecule has 0 aliphatic carbocycles. The molecule has 1 heterocycles. The Bertz CT molecular complexity index is 465. The quantitative estimate of drug-likeness (QED) is 0.794. The van der Waals surface area contributed by atoms with E-state index in [1.807, 2.05) is 0 Å². The fourth-order valence-electron chi connectivity index (χ4n) is 2.58. The first-order valence-electron chi connectivity index (χ1n) is 8.31. The highest BCUT2D eigenvalue weighted by Crippen LogP contribution is 2.26. The summed E-state index contributed by atoms with van der Waals surface area (Å²) in [5, 5.41) is 2.72. The highest BCUT2D eigenvalue weighted by atomic mass is 16.6. The Balaban J connectivity index is 2.59. The van der Waals surface area contributed by atoms with Gasteiger partial charge in [-0.3, -0.25) is 0 Å². The largest absolute Gasteiger partial charge is 0.444 e. The van der Waals surface area contributed by atoms with Crippen LogP contribution >= 0.6 is 0 Å². The Morgan fingerprint density at radius 2 is 1.71 bits per heavy atom. The molecule has 2 atom stereocenters. The first-order chi connectivity index (χ1) is 10.9. The third-order valence-electron chi connectivity index (χ3n) is 3.43. The number of aldehydes is 1. The van der Waals surface area contributed by atoms with Crippen molar-refractivity contribution >= 4 is 18.5 Å². The van der Waals surface area contributed by atoms with Crippen molar-refractivity contribution < 1.29 is 23.9 Å². The number of nitrogens with one attached hydrogen (secondary N) is 1. The lowest BCUT2D eigenvalue weighted by Crippen LogP contribution is -2.40. The van der Waals surface area contributed by atoms with E-state index in [1.54, 1.807) is 46.4 Å². The van der Waals surface area contributed by atoms with Crippen LogP contribution in [-0.4, -0.2) is 53.7 Å². The van der Waals surface area contributed by atoms with E-state index < -0.39 is 23.4 Å². The number of nitrogens with zero attached hydrogens (tertiary/aromatic N) is 1. The maximum atomic E-state index is 12.3. The number of alkyl carbamates (subject to hydrolysis) is 1. The summed E-state index contributed by atoms with van der Waals surface area (Å²) in [6, 6.07) is -0.192. The van der Waals surface area contributed by atoms with Crippen LogP contribution in [0.4, 0.5) is 9.59 Å². The minimum atomic E-state index is -0.588. The summed E-state index contributed by atoms with van der Waals surface area (Å²) in [6.45, 7) is 11.6. The number of carbonyl (C=O) groups excluding carboxylic acids is 3. The highest BCUT2D eigenvalue weighted by molar-refractivity contribution is 5.70. The lowest BCUT2D eigenvalue weighted by Gasteiger charge is -2.27. The van der Waals surface area contributed by atoms with Crippen molar-refractivity contribution in [1.82, 2.24) is 10.2 Å². The predicted octanol–water partition coefficient (Wildman–Crippen LogP) is 2.73. The van der Waals surface area contributed by atoms with E-state index in [4.69, 9.17) is 9.47 Å². The molecule has 7 heteroatoms. The van der Waals surface area contributed by atoms with Gasteiger partial charge < -0.3 is 24.5 Å². The normalized spacial score (nSPS) is 21.3. The van der Waals surface area contributed by atoms with Gasteiger partial charge in [-0.2, -0.15) is 0 Å². The zero-order valence-corrected chi connectivity index (χ0v) is 15.5. The minimum absolute atomic E-state index is 0.0648. The van der Waals surface area contributed by atoms with Crippen molar-refractivity contribution in [1.29, 1.82) is 0 Å². The number of hydrogen-bond donors (Lipinski definition) is 1. The summed E-state index contributed by atoms with van der Waals surface area (Å²) in [5.41, 5.74) is -1.14. The van der Waals surface area contributed by atoms with Gasteiger partial charge in [0.1, 0.15) is 17.5 Å². The molecule has 1 aliphatic heterocycles. The lowest BCUT2D eigenvalue weighted by molar-refractivity contribution is -0.108. The fraction of sp³-hybridized carbons (Fsp3) is 0.824. The maximum Gasteiger partial charge on any atom is 0.410 e. The standard InChI is InChI=1S/C17H30N2O5/c1-16(2,3)23-14(21)18-10-12-9-13(7-8-20)19(11-12)15(22)24-17(4,5)6/h8,12-13H,7,9-11H2,1-6H3,(H,18,21)/t12-,13?/m1/s1. The van der Waals surface area contributed by atoms with Crippen LogP contribution < -0.4 is 5.32 Å². The van der Waals surface area contributed by atoms with Gasteiger partial charge in [-0.1, -0.05) is 0 Å². The third-order valence-corrected chi connectivity index (χ3v) is 3.43. The van der Waals surface area contributed by atoms with Gasteiger partial charge in [-0.05, 0) is 53.9 Å². The molecule has 7 nitrogen and oxygen atoms in total. The van der Waals surface area contributed by atoms with Gasteiger partial charge in [-0.15, -0.1) is 0 Å². The Hall–Kier alpha value is -1.79. The Labute approximate surface area is 144 Å². The second-order valence-electron chi connectivity index (χ2n) is 8.17. The molecular formula is C17H30N2O5. The number of carbonyl (C=O) groups is 3. The lowest BCUT2D eigenvalue weighted by atomic mass is 10.0. The summed E-state index contributed by atoms with van der Waals surface area (Å²) < 4.78 is 10.6. The maximum absolute atomic E-state index is 12.3. The zero-order valence-electron chi connectivity index (χ0n) is 15.5. The van der Waals surface area contributed by atoms with E-state index in [0.29, 0.717) is 19.5 Å². The summed E-state index contributed by atoms with van der Waals surface area (Å²) in [5.74, 6) is 0.0648. The number of amides is 2. The predicted molar refractivity (Wildman–Crippen MR) is 89.8 cm³/mol. The number of likely N-dealkylation sites (tertiary alicyclic amines) is 1. The third kappa shape index (κ3) is 7.19. The molecule has 24 heavy (non-hydrogen) atoms. The SMILES string of the molecule is CC(C)(C)OC(=O)NC[C@H]1CC(CC=O)N(C(=O)OC(C)(C)C)C1. The highest BCUT2D eigenvalue weighted by Gasteiger charge is 2.37. The minimum Gasteiger partial charge on any atom is -0.444 e. The van der Waals surface area contributed by atoms with Gasteiger partial charge in [-0.25, -0.2) is 9.59 Å². The molecule has 1 N–H and O–H groups in total. The summed E-state index contributed by atoms with van der Waals surface area (Å²) in [4.78, 5) is 36.5. The van der Waals surface area contributed by atoms with Gasteiger partial charge in [0.2, 0.25) is 0 Å². The van der Waals surface area contributed by atoms with Crippen LogP contribution in [0.2, 0.25) is 0 Å². The zero-order chi connectivity index (χ0) is 18.5. The summed E-state index contributed by atoms with van der Waals surface area (Å²) in [6.07, 6.45) is 0.820. The van der Waals surface area contributed by atoms with Gasteiger partial charge in [0.15, 0.2) is 0 Å². The second-order valence-corrected chi connectivity index (χ2v) is 8.17. The molecule has 0 aromatic heterocycles. The number of hydrogen-bond acceptors (Lipinski definition) is 5. The molecule has 0 spiro atoms. The Morgan fingerprint density at radius 1 is 1.12 bits per heavy atom. The number of ether oxygens (including phenoxy) is 2. The van der Waals surface area contributed by atoms with Crippen LogP contribution in [0.3, 0.4) is 0 Å². The van der Waals surface area contributed by atoms with Crippen molar-refractivity contribution in [2.75, 3.05) is 13.1 Å². The monoisotopic (exact) mass is 342 g/mol. The Kier molecular flexibility index (Phi) is 6.63. The van der Waals surface area contributed by atoms with Crippen LogP contribution in [0.5, 0.6) is 0 Å². The molecule has 1 rings (SSSR count). The molecule has 0 saturated carbocycles. The van der Waals surface area contributed by atoms with Crippen LogP contribution in [0.1, 0.15) is 54.4 Å². The number of rotatable bonds is 4. The molecule has 2 amide bonds. The Morgan fingerprint density at radius 3 is 2.21 bits per heavy atom. The van der Waals surface area contributed by atoms with E-state index in [1.165, 1.54) is 0 Å². The van der Waals surface area contributed by atoms with E-state index in [0.717, 1.165) is 6.29 Å². The van der Waals surface area contributed by atoms with Crippen molar-refractivity contribution in [3.8, 4) is 0 Å². The molecule has 0 radical (unpaired) electrons. The molecule has 1 aliphatic rings. The molecule has 0 aromatic rings. The average Bonchev–Trinajstić information content (AvgIpc) is 2.76. The molecule has 0 aromatic carbocycles. The summed E-state index contributed by atoms with van der Waals surface area (Å²) in [7, 11) is 0. The molecule has 1 fully saturated rings. The van der Waals surface area contributed by atoms with Crippen LogP contribution in [0.25, 0.3) is 0 Å². The van der Waals surface area contributed by atoms with Crippen molar-refractivity contribution in [2.45, 2.75) is 71.6 Å². The molecule has 0 bridgehead atoms. The molecule has 138 valence electrons. The van der Waals surface area contributed by atoms with Gasteiger partial charge in [0.05, 0.1) is 0 Å². The fourth-order valence-corrected chi connectivity index (χ4v) is 2.58. The average molecular weight is 342 g/mol. The van der Waals surface area contributed by atoms with Crippen molar-refractivity contribution in [3.05, 3.63) is 0 Å². The first-order valence-corrected chi connectivity index (χ1v) is 8.31. The van der Waals surface area contributed by atoms with Crippen LogP contribution in [0, 0.1) is 5.92 Å². The first kappa shape index (κ1) is 20.3. The van der Waals surface area contributed by atoms with Crippen molar-refractivity contribution in [2.24, 2.45) is 5.92 Å². The topological polar surface area (TPSA) is 84.9 Å². The van der Waals surface area contributed by atoms with E-state index in [-0.39, 0.29) is 18.4 Å². The van der Waals surface area contributed by atoms with E-state index >= 15 is 0 Å². The van der Waals surface area contributed by atoms with Crippen molar-refractivity contribution in [3.63, 3.8) is 0 Å². The van der Waals surface area contributed by atoms with Crippen LogP contribution in [-0.2, 0) is 14.3 Å². The molecular weight excluding hydrogens is 312 g/mol. The van der Waals surface area contributed by atoms with Gasteiger partial charge in [0.25, 0.3) is 0 Å². The van der Waals surface area contributed by atoms with E-state index in [2.05, 4.69) is 5.32 Å². The van der Waals surface area contributed by atoms with Crippen LogP contribution in [0.15, 0.2) is 0 Å². The smallest absolute Gasteiger partial charge is 0.410 e. The summed E-state index contributed by atoms with van der Waals surface area (Å²) >= 11 is 0. The van der Waals surface area contributed by atoms with Gasteiger partial charge in [0, 0.05) is 25.6 Å². The van der Waals surface area contributed by atoms with E-state index in [9.17, 15) is 14.4 Å². The van der Waals surface area contributed by atoms with Gasteiger partial charge >= 0.3 is 12.2 Å².